The summed E-state index contributed by atoms with van der Waals surface area (Å²) in [5, 5.41) is 11.9. The summed E-state index contributed by atoms with van der Waals surface area (Å²) in [5.74, 6) is -1.94. The number of para-hydroxylation sites is 1. The highest BCUT2D eigenvalue weighted by atomic mass is 19.1. The van der Waals surface area contributed by atoms with Gasteiger partial charge >= 0.3 is 5.97 Å². The summed E-state index contributed by atoms with van der Waals surface area (Å²) in [4.78, 5) is 23.9. The van der Waals surface area contributed by atoms with E-state index in [1.807, 2.05) is 18.2 Å². The summed E-state index contributed by atoms with van der Waals surface area (Å²) in [6.07, 6.45) is 0. The van der Waals surface area contributed by atoms with Gasteiger partial charge in [0.25, 0.3) is 5.56 Å². The van der Waals surface area contributed by atoms with Crippen molar-refractivity contribution in [3.05, 3.63) is 76.0 Å². The summed E-state index contributed by atoms with van der Waals surface area (Å²) in [6.45, 7) is 1.75. The molecular weight excluding hydrogens is 325 g/mol. The zero-order chi connectivity index (χ0) is 18.1. The first kappa shape index (κ1) is 16.5. The lowest BCUT2D eigenvalue weighted by molar-refractivity contribution is 0.0696. The second-order valence-corrected chi connectivity index (χ2v) is 5.60. The number of carboxylic acids is 1. The van der Waals surface area contributed by atoms with Crippen molar-refractivity contribution in [2.24, 2.45) is 7.05 Å². The van der Waals surface area contributed by atoms with Crippen molar-refractivity contribution < 1.29 is 14.3 Å². The molecule has 0 unspecified atom stereocenters. The van der Waals surface area contributed by atoms with Crippen LogP contribution in [0.4, 0.5) is 15.8 Å². The molecule has 2 aromatic carbocycles. The van der Waals surface area contributed by atoms with E-state index in [0.29, 0.717) is 11.4 Å². The number of carbonyl (C=O) groups is 1. The fourth-order valence-electron chi connectivity index (χ4n) is 2.64. The van der Waals surface area contributed by atoms with Crippen molar-refractivity contribution in [2.75, 3.05) is 5.32 Å². The van der Waals surface area contributed by atoms with E-state index in [2.05, 4.69) is 5.32 Å². The maximum atomic E-state index is 13.6. The first-order valence-electron chi connectivity index (χ1n) is 7.53. The molecule has 0 aliphatic rings. The monoisotopic (exact) mass is 341 g/mol. The van der Waals surface area contributed by atoms with Gasteiger partial charge in [0.15, 0.2) is 0 Å². The van der Waals surface area contributed by atoms with Crippen LogP contribution in [0.25, 0.3) is 5.69 Å². The predicted octanol–water partition coefficient (Wildman–Crippen LogP) is 3.07. The van der Waals surface area contributed by atoms with Gasteiger partial charge in [0.1, 0.15) is 11.5 Å². The maximum absolute atomic E-state index is 13.6. The molecule has 25 heavy (non-hydrogen) atoms. The Morgan fingerprint density at radius 2 is 1.84 bits per heavy atom. The van der Waals surface area contributed by atoms with Crippen molar-refractivity contribution in [3.63, 3.8) is 0 Å². The molecule has 3 rings (SSSR count). The van der Waals surface area contributed by atoms with E-state index in [1.54, 1.807) is 30.8 Å². The third-order valence-electron chi connectivity index (χ3n) is 3.97. The smallest absolute Gasteiger partial charge is 0.335 e. The highest BCUT2D eigenvalue weighted by Crippen LogP contribution is 2.21. The zero-order valence-corrected chi connectivity index (χ0v) is 13.7. The number of aromatic carboxylic acids is 1. The fraction of sp³-hybridized carbons (Fsp3) is 0.111. The average Bonchev–Trinajstić information content (AvgIpc) is 2.79. The minimum Gasteiger partial charge on any atom is -0.478 e. The lowest BCUT2D eigenvalue weighted by Gasteiger charge is -2.07. The largest absolute Gasteiger partial charge is 0.478 e. The summed E-state index contributed by atoms with van der Waals surface area (Å²) in [5.41, 5.74) is 1.27. The Bertz CT molecular complexity index is 1010. The van der Waals surface area contributed by atoms with E-state index in [1.165, 1.54) is 10.7 Å². The molecule has 1 aromatic heterocycles. The minimum absolute atomic E-state index is 0.195. The Morgan fingerprint density at radius 1 is 1.16 bits per heavy atom. The van der Waals surface area contributed by atoms with Gasteiger partial charge in [-0.25, -0.2) is 13.9 Å². The molecule has 3 aromatic rings. The summed E-state index contributed by atoms with van der Waals surface area (Å²) < 4.78 is 16.8. The molecule has 0 saturated heterocycles. The van der Waals surface area contributed by atoms with Crippen LogP contribution in [0.2, 0.25) is 0 Å². The second kappa shape index (κ2) is 6.27. The number of hydrogen-bond donors (Lipinski definition) is 2. The van der Waals surface area contributed by atoms with Gasteiger partial charge < -0.3 is 10.4 Å². The van der Waals surface area contributed by atoms with Crippen molar-refractivity contribution in [2.45, 2.75) is 6.92 Å². The number of anilines is 2. The molecule has 0 spiro atoms. The molecule has 2 N–H and O–H groups in total. The van der Waals surface area contributed by atoms with Crippen LogP contribution in [0.3, 0.4) is 0 Å². The van der Waals surface area contributed by atoms with Gasteiger partial charge in [0.2, 0.25) is 0 Å². The van der Waals surface area contributed by atoms with Gasteiger partial charge in [0.05, 0.1) is 16.9 Å². The van der Waals surface area contributed by atoms with Crippen molar-refractivity contribution in [1.29, 1.82) is 0 Å². The Morgan fingerprint density at radius 3 is 2.48 bits per heavy atom. The lowest BCUT2D eigenvalue weighted by atomic mass is 10.2. The number of benzene rings is 2. The van der Waals surface area contributed by atoms with E-state index < -0.39 is 11.8 Å². The van der Waals surface area contributed by atoms with Crippen LogP contribution < -0.4 is 10.9 Å². The van der Waals surface area contributed by atoms with Crippen LogP contribution in [0.15, 0.2) is 53.3 Å². The highest BCUT2D eigenvalue weighted by molar-refractivity contribution is 5.89. The Labute approximate surface area is 142 Å². The highest BCUT2D eigenvalue weighted by Gasteiger charge is 2.17. The topological polar surface area (TPSA) is 76.3 Å². The number of halogens is 1. The Balaban J connectivity index is 2.08. The molecule has 1 heterocycles. The minimum atomic E-state index is -1.24. The molecule has 0 radical (unpaired) electrons. The first-order chi connectivity index (χ1) is 11.9. The van der Waals surface area contributed by atoms with Crippen molar-refractivity contribution in [1.82, 2.24) is 9.36 Å². The molecule has 7 heteroatoms. The third-order valence-corrected chi connectivity index (χ3v) is 3.97. The van der Waals surface area contributed by atoms with Gasteiger partial charge in [-0.05, 0) is 37.3 Å². The van der Waals surface area contributed by atoms with E-state index in [4.69, 9.17) is 5.11 Å². The van der Waals surface area contributed by atoms with E-state index in [9.17, 15) is 14.0 Å². The number of nitrogens with zero attached hydrogens (tertiary/aromatic N) is 2. The Kier molecular flexibility index (Phi) is 4.14. The fourth-order valence-corrected chi connectivity index (χ4v) is 2.64. The average molecular weight is 341 g/mol. The molecule has 0 amide bonds. The number of aromatic nitrogens is 2. The molecule has 6 nitrogen and oxygen atoms in total. The quantitative estimate of drug-likeness (QED) is 0.765. The van der Waals surface area contributed by atoms with Gasteiger partial charge in [0, 0.05) is 12.7 Å². The van der Waals surface area contributed by atoms with E-state index in [0.717, 1.165) is 12.1 Å². The van der Waals surface area contributed by atoms with E-state index >= 15 is 0 Å². The summed E-state index contributed by atoms with van der Waals surface area (Å²) in [6, 6.07) is 12.4. The number of hydrogen-bond acceptors (Lipinski definition) is 3. The van der Waals surface area contributed by atoms with Crippen LogP contribution in [-0.4, -0.2) is 20.4 Å². The summed E-state index contributed by atoms with van der Waals surface area (Å²) >= 11 is 0. The first-order valence-corrected chi connectivity index (χ1v) is 7.53. The van der Waals surface area contributed by atoms with Crippen molar-refractivity contribution >= 4 is 17.3 Å². The predicted molar refractivity (Wildman–Crippen MR) is 92.4 cm³/mol. The number of carboxylic acid groups (broad SMARTS) is 1. The molecule has 0 bridgehead atoms. The van der Waals surface area contributed by atoms with Crippen LogP contribution in [0.5, 0.6) is 0 Å². The van der Waals surface area contributed by atoms with Crippen LogP contribution in [0, 0.1) is 12.7 Å². The molecule has 0 saturated carbocycles. The summed E-state index contributed by atoms with van der Waals surface area (Å²) in [7, 11) is 1.74. The van der Waals surface area contributed by atoms with Crippen molar-refractivity contribution in [3.8, 4) is 5.69 Å². The molecule has 0 aliphatic carbocycles. The van der Waals surface area contributed by atoms with Gasteiger partial charge in [-0.2, -0.15) is 0 Å². The lowest BCUT2D eigenvalue weighted by Crippen LogP contribution is -2.20. The van der Waals surface area contributed by atoms with Crippen LogP contribution >= 0.6 is 0 Å². The molecule has 0 atom stereocenters. The Hall–Kier alpha value is -3.35. The maximum Gasteiger partial charge on any atom is 0.335 e. The SMILES string of the molecule is Cc1c(Nc2cc(F)cc(C(=O)O)c2)c(=O)n(-c2ccccc2)n1C. The molecule has 0 fully saturated rings. The normalized spacial score (nSPS) is 10.7. The molecular formula is C18H16FN3O3. The third kappa shape index (κ3) is 3.03. The van der Waals surface area contributed by atoms with E-state index in [-0.39, 0.29) is 22.5 Å². The van der Waals surface area contributed by atoms with Crippen LogP contribution in [-0.2, 0) is 7.05 Å². The zero-order valence-electron chi connectivity index (χ0n) is 13.7. The number of rotatable bonds is 4. The molecule has 0 aliphatic heterocycles. The van der Waals surface area contributed by atoms with Gasteiger partial charge in [-0.3, -0.25) is 9.48 Å². The van der Waals surface area contributed by atoms with Gasteiger partial charge in [-0.15, -0.1) is 0 Å². The van der Waals surface area contributed by atoms with Gasteiger partial charge in [-0.1, -0.05) is 18.2 Å². The molecule has 128 valence electrons. The second-order valence-electron chi connectivity index (χ2n) is 5.60. The standard InChI is InChI=1S/C18H16FN3O3/c1-11-16(20-14-9-12(18(24)25)8-13(19)10-14)17(23)22(21(11)2)15-6-4-3-5-7-15/h3-10,20H,1-2H3,(H,24,25). The van der Waals surface area contributed by atoms with Crippen LogP contribution in [0.1, 0.15) is 16.1 Å². The number of nitrogens with one attached hydrogen (secondary N) is 1.